The summed E-state index contributed by atoms with van der Waals surface area (Å²) in [7, 11) is 3.59. The Kier molecular flexibility index (Phi) is 8.94. The lowest BCUT2D eigenvalue weighted by atomic mass is 10.0. The van der Waals surface area contributed by atoms with Gasteiger partial charge in [0.15, 0.2) is 5.96 Å². The molecular weight excluding hydrogens is 350 g/mol. The van der Waals surface area contributed by atoms with Crippen LogP contribution in [0.2, 0.25) is 0 Å². The van der Waals surface area contributed by atoms with Crippen LogP contribution in [-0.4, -0.2) is 57.8 Å². The molecule has 0 aromatic heterocycles. The number of nitrogens with zero attached hydrogens (tertiary/aromatic N) is 2. The van der Waals surface area contributed by atoms with Gasteiger partial charge in [-0.15, -0.1) is 0 Å². The molecule has 0 amide bonds. The molecule has 0 spiro atoms. The van der Waals surface area contributed by atoms with Crippen molar-refractivity contribution in [2.75, 3.05) is 46.9 Å². The van der Waals surface area contributed by atoms with Gasteiger partial charge in [0.25, 0.3) is 0 Å². The number of guanidine groups is 1. The van der Waals surface area contributed by atoms with E-state index in [1.807, 2.05) is 6.92 Å². The van der Waals surface area contributed by atoms with Gasteiger partial charge < -0.3 is 20.3 Å². The van der Waals surface area contributed by atoms with E-state index in [9.17, 15) is 8.78 Å². The number of benzene rings is 1. The van der Waals surface area contributed by atoms with Crippen molar-refractivity contribution in [3.63, 3.8) is 0 Å². The van der Waals surface area contributed by atoms with Gasteiger partial charge in [-0.25, -0.2) is 8.78 Å². The van der Waals surface area contributed by atoms with Crippen molar-refractivity contribution >= 4 is 5.96 Å². The van der Waals surface area contributed by atoms with Crippen molar-refractivity contribution in [1.29, 1.82) is 0 Å². The molecule has 2 N–H and O–H groups in total. The molecule has 1 aliphatic carbocycles. The SMILES string of the molecule is CCNC(=NCC(c1c(F)cccc1F)N(C)C)NCCCOCC1CC1. The van der Waals surface area contributed by atoms with Gasteiger partial charge in [-0.3, -0.25) is 4.99 Å². The Morgan fingerprint density at radius 1 is 1.26 bits per heavy atom. The third kappa shape index (κ3) is 7.42. The van der Waals surface area contributed by atoms with Crippen LogP contribution < -0.4 is 10.6 Å². The van der Waals surface area contributed by atoms with Gasteiger partial charge in [-0.1, -0.05) is 6.07 Å². The van der Waals surface area contributed by atoms with E-state index in [2.05, 4.69) is 15.6 Å². The second-order valence-corrected chi connectivity index (χ2v) is 7.13. The minimum Gasteiger partial charge on any atom is -0.381 e. The normalized spacial score (nSPS) is 15.9. The van der Waals surface area contributed by atoms with Crippen molar-refractivity contribution in [3.8, 4) is 0 Å². The zero-order chi connectivity index (χ0) is 19.6. The molecule has 1 aromatic rings. The van der Waals surface area contributed by atoms with Crippen LogP contribution in [0.1, 0.15) is 37.8 Å². The fourth-order valence-corrected chi connectivity index (χ4v) is 2.78. The number of nitrogens with one attached hydrogen (secondary N) is 2. The molecule has 5 nitrogen and oxygen atoms in total. The largest absolute Gasteiger partial charge is 0.381 e. The van der Waals surface area contributed by atoms with E-state index in [4.69, 9.17) is 4.74 Å². The number of likely N-dealkylation sites (N-methyl/N-ethyl adjacent to an activating group) is 1. The highest BCUT2D eigenvalue weighted by molar-refractivity contribution is 5.79. The van der Waals surface area contributed by atoms with Crippen LogP contribution in [0.25, 0.3) is 0 Å². The van der Waals surface area contributed by atoms with Gasteiger partial charge in [0.05, 0.1) is 12.6 Å². The van der Waals surface area contributed by atoms with Crippen molar-refractivity contribution in [3.05, 3.63) is 35.4 Å². The zero-order valence-corrected chi connectivity index (χ0v) is 16.6. The summed E-state index contributed by atoms with van der Waals surface area (Å²) in [6.07, 6.45) is 3.48. The minimum absolute atomic E-state index is 0.0515. The maximum Gasteiger partial charge on any atom is 0.191 e. The lowest BCUT2D eigenvalue weighted by Gasteiger charge is -2.24. The van der Waals surface area contributed by atoms with Gasteiger partial charge in [-0.2, -0.15) is 0 Å². The number of rotatable bonds is 11. The minimum atomic E-state index is -0.547. The van der Waals surface area contributed by atoms with E-state index in [0.717, 1.165) is 32.1 Å². The first-order valence-corrected chi connectivity index (χ1v) is 9.73. The summed E-state index contributed by atoms with van der Waals surface area (Å²) < 4.78 is 33.9. The van der Waals surface area contributed by atoms with Crippen molar-refractivity contribution in [2.45, 2.75) is 32.2 Å². The lowest BCUT2D eigenvalue weighted by molar-refractivity contribution is 0.123. The van der Waals surface area contributed by atoms with E-state index in [1.54, 1.807) is 19.0 Å². The van der Waals surface area contributed by atoms with E-state index < -0.39 is 17.7 Å². The van der Waals surface area contributed by atoms with E-state index in [-0.39, 0.29) is 12.1 Å². The van der Waals surface area contributed by atoms with Crippen molar-refractivity contribution in [2.24, 2.45) is 10.9 Å². The molecule has 0 saturated heterocycles. The quantitative estimate of drug-likeness (QED) is 0.351. The molecule has 1 aliphatic rings. The lowest BCUT2D eigenvalue weighted by Crippen LogP contribution is -2.39. The zero-order valence-electron chi connectivity index (χ0n) is 16.6. The smallest absolute Gasteiger partial charge is 0.191 e. The first-order chi connectivity index (χ1) is 13.0. The van der Waals surface area contributed by atoms with Crippen molar-refractivity contribution < 1.29 is 13.5 Å². The molecule has 0 radical (unpaired) electrons. The van der Waals surface area contributed by atoms with Crippen molar-refractivity contribution in [1.82, 2.24) is 15.5 Å². The first-order valence-electron chi connectivity index (χ1n) is 9.73. The topological polar surface area (TPSA) is 48.9 Å². The molecule has 0 bridgehead atoms. The summed E-state index contributed by atoms with van der Waals surface area (Å²) in [5.41, 5.74) is 0.0515. The summed E-state index contributed by atoms with van der Waals surface area (Å²) in [5, 5.41) is 6.42. The number of aliphatic imine (C=N–C) groups is 1. The highest BCUT2D eigenvalue weighted by atomic mass is 19.1. The maximum atomic E-state index is 14.2. The molecule has 0 heterocycles. The number of hydrogen-bond acceptors (Lipinski definition) is 3. The number of halogens is 2. The number of hydrogen-bond donors (Lipinski definition) is 2. The molecule has 1 atom stereocenters. The Labute approximate surface area is 161 Å². The van der Waals surface area contributed by atoms with E-state index >= 15 is 0 Å². The Bertz CT molecular complexity index is 585. The fourth-order valence-electron chi connectivity index (χ4n) is 2.78. The molecule has 1 unspecified atom stereocenters. The van der Waals surface area contributed by atoms with E-state index in [0.29, 0.717) is 12.5 Å². The fraction of sp³-hybridized carbons (Fsp3) is 0.650. The molecule has 1 fully saturated rings. The third-order valence-corrected chi connectivity index (χ3v) is 4.53. The Balaban J connectivity index is 1.89. The predicted molar refractivity (Wildman–Crippen MR) is 105 cm³/mol. The van der Waals surface area contributed by atoms with Crippen LogP contribution >= 0.6 is 0 Å². The van der Waals surface area contributed by atoms with Crippen LogP contribution in [-0.2, 0) is 4.74 Å². The predicted octanol–water partition coefficient (Wildman–Crippen LogP) is 2.94. The molecule has 27 heavy (non-hydrogen) atoms. The highest BCUT2D eigenvalue weighted by Crippen LogP contribution is 2.28. The van der Waals surface area contributed by atoms with Gasteiger partial charge in [0.2, 0.25) is 0 Å². The summed E-state index contributed by atoms with van der Waals surface area (Å²) in [4.78, 5) is 6.31. The Hall–Kier alpha value is -1.73. The van der Waals surface area contributed by atoms with Crippen LogP contribution in [0.3, 0.4) is 0 Å². The maximum absolute atomic E-state index is 14.2. The average molecular weight is 382 g/mol. The molecule has 1 saturated carbocycles. The average Bonchev–Trinajstić information content (AvgIpc) is 3.44. The van der Waals surface area contributed by atoms with Crippen LogP contribution in [0.15, 0.2) is 23.2 Å². The van der Waals surface area contributed by atoms with Gasteiger partial charge in [0.1, 0.15) is 11.6 Å². The monoisotopic (exact) mass is 382 g/mol. The van der Waals surface area contributed by atoms with Gasteiger partial charge >= 0.3 is 0 Å². The Morgan fingerprint density at radius 2 is 1.96 bits per heavy atom. The highest BCUT2D eigenvalue weighted by Gasteiger charge is 2.22. The second kappa shape index (κ2) is 11.2. The summed E-state index contributed by atoms with van der Waals surface area (Å²) in [6.45, 7) is 5.27. The molecule has 0 aliphatic heterocycles. The van der Waals surface area contributed by atoms with Gasteiger partial charge in [-0.05, 0) is 58.3 Å². The standard InChI is InChI=1S/C20H32F2N4O/c1-4-23-20(24-11-6-12-27-14-15-9-10-15)25-13-18(26(2)3)19-16(21)7-5-8-17(19)22/h5,7-8,15,18H,4,6,9-14H2,1-3H3,(H2,23,24,25). The summed E-state index contributed by atoms with van der Waals surface area (Å²) in [5.74, 6) is 0.325. The number of ether oxygens (including phenoxy) is 1. The third-order valence-electron chi connectivity index (χ3n) is 4.53. The van der Waals surface area contributed by atoms with Crippen LogP contribution in [0.4, 0.5) is 8.78 Å². The molecule has 7 heteroatoms. The second-order valence-electron chi connectivity index (χ2n) is 7.13. The molecule has 2 rings (SSSR count). The van der Waals surface area contributed by atoms with Crippen LogP contribution in [0.5, 0.6) is 0 Å². The molecular formula is C20H32F2N4O. The van der Waals surface area contributed by atoms with Crippen LogP contribution in [0, 0.1) is 17.6 Å². The van der Waals surface area contributed by atoms with E-state index in [1.165, 1.54) is 31.0 Å². The molecule has 152 valence electrons. The van der Waals surface area contributed by atoms with Gasteiger partial charge in [0, 0.05) is 31.9 Å². The summed E-state index contributed by atoms with van der Waals surface area (Å²) in [6, 6.07) is 3.46. The Morgan fingerprint density at radius 3 is 2.56 bits per heavy atom. The first kappa shape index (κ1) is 21.6. The summed E-state index contributed by atoms with van der Waals surface area (Å²) >= 11 is 0. The molecule has 1 aromatic carbocycles.